The molecule has 2 rings (SSSR count). The standard InChI is InChI=1S/C16H22N2O4/c1-4-18(10-15(19)17-11(2)3)16(20)12-5-6-13-14(9-12)22-8-7-21-13/h5-6,9,11H,4,7-8,10H2,1-3H3,(H,17,19). The summed E-state index contributed by atoms with van der Waals surface area (Å²) in [5, 5.41) is 2.79. The van der Waals surface area contributed by atoms with Crippen molar-refractivity contribution < 1.29 is 19.1 Å². The summed E-state index contributed by atoms with van der Waals surface area (Å²) in [5.41, 5.74) is 0.489. The lowest BCUT2D eigenvalue weighted by atomic mass is 10.1. The molecule has 0 saturated carbocycles. The van der Waals surface area contributed by atoms with Gasteiger partial charge in [-0.25, -0.2) is 0 Å². The van der Waals surface area contributed by atoms with Crippen molar-refractivity contribution in [3.8, 4) is 11.5 Å². The van der Waals surface area contributed by atoms with Gasteiger partial charge < -0.3 is 19.7 Å². The summed E-state index contributed by atoms with van der Waals surface area (Å²) in [6.07, 6.45) is 0. The Kier molecular flexibility index (Phi) is 5.25. The van der Waals surface area contributed by atoms with Crippen LogP contribution in [0.15, 0.2) is 18.2 Å². The molecule has 0 atom stereocenters. The van der Waals surface area contributed by atoms with E-state index >= 15 is 0 Å². The quantitative estimate of drug-likeness (QED) is 0.894. The highest BCUT2D eigenvalue weighted by Crippen LogP contribution is 2.31. The van der Waals surface area contributed by atoms with Crippen molar-refractivity contribution >= 4 is 11.8 Å². The maximum atomic E-state index is 12.5. The molecule has 6 heteroatoms. The van der Waals surface area contributed by atoms with Crippen molar-refractivity contribution in [3.05, 3.63) is 23.8 Å². The van der Waals surface area contributed by atoms with Crippen molar-refractivity contribution in [2.75, 3.05) is 26.3 Å². The van der Waals surface area contributed by atoms with E-state index in [2.05, 4.69) is 5.32 Å². The van der Waals surface area contributed by atoms with Crippen molar-refractivity contribution in [1.29, 1.82) is 0 Å². The number of ether oxygens (including phenoxy) is 2. The summed E-state index contributed by atoms with van der Waals surface area (Å²) in [6.45, 7) is 7.10. The number of hydrogen-bond donors (Lipinski definition) is 1. The number of carbonyl (C=O) groups excluding carboxylic acids is 2. The maximum Gasteiger partial charge on any atom is 0.254 e. The van der Waals surface area contributed by atoms with Gasteiger partial charge in [0.2, 0.25) is 5.91 Å². The molecular formula is C16H22N2O4. The van der Waals surface area contributed by atoms with Gasteiger partial charge in [-0.3, -0.25) is 9.59 Å². The number of carbonyl (C=O) groups is 2. The molecule has 1 heterocycles. The Morgan fingerprint density at radius 3 is 2.55 bits per heavy atom. The first-order valence-corrected chi connectivity index (χ1v) is 7.49. The minimum atomic E-state index is -0.196. The van der Waals surface area contributed by atoms with Gasteiger partial charge in [0.15, 0.2) is 11.5 Å². The van der Waals surface area contributed by atoms with Crippen LogP contribution in [0.4, 0.5) is 0 Å². The van der Waals surface area contributed by atoms with Gasteiger partial charge in [-0.05, 0) is 39.0 Å². The van der Waals surface area contributed by atoms with Crippen molar-refractivity contribution in [2.24, 2.45) is 0 Å². The predicted octanol–water partition coefficient (Wildman–Crippen LogP) is 1.44. The lowest BCUT2D eigenvalue weighted by Gasteiger charge is -2.23. The molecule has 0 fully saturated rings. The van der Waals surface area contributed by atoms with Gasteiger partial charge in [-0.15, -0.1) is 0 Å². The molecule has 0 bridgehead atoms. The molecule has 1 aromatic rings. The largest absolute Gasteiger partial charge is 0.486 e. The van der Waals surface area contributed by atoms with Crippen molar-refractivity contribution in [1.82, 2.24) is 10.2 Å². The number of amides is 2. The van der Waals surface area contributed by atoms with Gasteiger partial charge in [0.1, 0.15) is 13.2 Å². The van der Waals surface area contributed by atoms with Gasteiger partial charge in [-0.1, -0.05) is 0 Å². The highest BCUT2D eigenvalue weighted by atomic mass is 16.6. The van der Waals surface area contributed by atoms with Crippen LogP contribution in [0.1, 0.15) is 31.1 Å². The molecule has 22 heavy (non-hydrogen) atoms. The second kappa shape index (κ2) is 7.15. The fourth-order valence-electron chi connectivity index (χ4n) is 2.23. The highest BCUT2D eigenvalue weighted by Gasteiger charge is 2.20. The van der Waals surface area contributed by atoms with Gasteiger partial charge in [-0.2, -0.15) is 0 Å². The van der Waals surface area contributed by atoms with E-state index in [1.807, 2.05) is 20.8 Å². The van der Waals surface area contributed by atoms with E-state index in [1.165, 1.54) is 4.90 Å². The summed E-state index contributed by atoms with van der Waals surface area (Å²) in [4.78, 5) is 25.9. The van der Waals surface area contributed by atoms with E-state index in [1.54, 1.807) is 18.2 Å². The Hall–Kier alpha value is -2.24. The second-order valence-corrected chi connectivity index (χ2v) is 5.40. The van der Waals surface area contributed by atoms with Crippen molar-refractivity contribution in [2.45, 2.75) is 26.8 Å². The van der Waals surface area contributed by atoms with Gasteiger partial charge in [0, 0.05) is 18.2 Å². The highest BCUT2D eigenvalue weighted by molar-refractivity contribution is 5.97. The zero-order valence-corrected chi connectivity index (χ0v) is 13.2. The van der Waals surface area contributed by atoms with E-state index in [0.717, 1.165) is 0 Å². The molecule has 0 spiro atoms. The molecule has 1 aliphatic heterocycles. The van der Waals surface area contributed by atoms with Crippen LogP contribution >= 0.6 is 0 Å². The van der Waals surface area contributed by atoms with Gasteiger partial charge in [0.25, 0.3) is 5.91 Å². The summed E-state index contributed by atoms with van der Waals surface area (Å²) < 4.78 is 10.9. The number of likely N-dealkylation sites (N-methyl/N-ethyl adjacent to an activating group) is 1. The molecule has 0 saturated heterocycles. The van der Waals surface area contributed by atoms with E-state index in [0.29, 0.717) is 36.8 Å². The molecule has 0 radical (unpaired) electrons. The third-order valence-electron chi connectivity index (χ3n) is 3.24. The third-order valence-corrected chi connectivity index (χ3v) is 3.24. The monoisotopic (exact) mass is 306 g/mol. The molecule has 120 valence electrons. The van der Waals surface area contributed by atoms with Crippen LogP contribution in [0, 0.1) is 0 Å². The van der Waals surface area contributed by atoms with Gasteiger partial charge in [0.05, 0.1) is 6.54 Å². The number of rotatable bonds is 5. The molecule has 1 N–H and O–H groups in total. The normalized spacial score (nSPS) is 12.9. The zero-order valence-electron chi connectivity index (χ0n) is 13.2. The first-order chi connectivity index (χ1) is 10.5. The van der Waals surface area contributed by atoms with E-state index in [-0.39, 0.29) is 24.4 Å². The van der Waals surface area contributed by atoms with Crippen LogP contribution in [0.3, 0.4) is 0 Å². The van der Waals surface area contributed by atoms with E-state index in [4.69, 9.17) is 9.47 Å². The van der Waals surface area contributed by atoms with Crippen LogP contribution in [-0.2, 0) is 4.79 Å². The zero-order chi connectivity index (χ0) is 16.1. The van der Waals surface area contributed by atoms with Crippen LogP contribution < -0.4 is 14.8 Å². The topological polar surface area (TPSA) is 67.9 Å². The fraction of sp³-hybridized carbons (Fsp3) is 0.500. The molecule has 1 aliphatic rings. The Morgan fingerprint density at radius 2 is 1.91 bits per heavy atom. The SMILES string of the molecule is CCN(CC(=O)NC(C)C)C(=O)c1ccc2c(c1)OCCO2. The smallest absolute Gasteiger partial charge is 0.254 e. The molecule has 1 aromatic carbocycles. The van der Waals surface area contributed by atoms with Crippen molar-refractivity contribution in [3.63, 3.8) is 0 Å². The average molecular weight is 306 g/mol. The molecular weight excluding hydrogens is 284 g/mol. The van der Waals surface area contributed by atoms with Crippen LogP contribution in [-0.4, -0.2) is 49.1 Å². The Morgan fingerprint density at radius 1 is 1.23 bits per heavy atom. The number of nitrogens with zero attached hydrogens (tertiary/aromatic N) is 1. The Bertz CT molecular complexity index is 557. The number of benzene rings is 1. The summed E-state index contributed by atoms with van der Waals surface area (Å²) in [5.74, 6) is 0.851. The maximum absolute atomic E-state index is 12.5. The Labute approximate surface area is 130 Å². The summed E-state index contributed by atoms with van der Waals surface area (Å²) >= 11 is 0. The predicted molar refractivity (Wildman–Crippen MR) is 82.3 cm³/mol. The molecule has 0 unspecified atom stereocenters. The van der Waals surface area contributed by atoms with Crippen LogP contribution in [0.25, 0.3) is 0 Å². The minimum Gasteiger partial charge on any atom is -0.486 e. The molecule has 0 aromatic heterocycles. The number of fused-ring (bicyclic) bond motifs is 1. The Balaban J connectivity index is 2.09. The molecule has 2 amide bonds. The molecule has 6 nitrogen and oxygen atoms in total. The summed E-state index contributed by atoms with van der Waals surface area (Å²) in [6, 6.07) is 5.14. The lowest BCUT2D eigenvalue weighted by molar-refractivity contribution is -0.122. The van der Waals surface area contributed by atoms with Crippen LogP contribution in [0.5, 0.6) is 11.5 Å². The first-order valence-electron chi connectivity index (χ1n) is 7.49. The summed E-state index contributed by atoms with van der Waals surface area (Å²) in [7, 11) is 0. The number of hydrogen-bond acceptors (Lipinski definition) is 4. The first kappa shape index (κ1) is 16.1. The second-order valence-electron chi connectivity index (χ2n) is 5.40. The number of nitrogens with one attached hydrogen (secondary N) is 1. The molecule has 0 aliphatic carbocycles. The average Bonchev–Trinajstić information content (AvgIpc) is 2.50. The fourth-order valence-corrected chi connectivity index (χ4v) is 2.23. The minimum absolute atomic E-state index is 0.0436. The van der Waals surface area contributed by atoms with Crippen LogP contribution in [0.2, 0.25) is 0 Å². The third kappa shape index (κ3) is 3.90. The van der Waals surface area contributed by atoms with E-state index < -0.39 is 0 Å². The van der Waals surface area contributed by atoms with E-state index in [9.17, 15) is 9.59 Å². The lowest BCUT2D eigenvalue weighted by Crippen LogP contribution is -2.42. The van der Waals surface area contributed by atoms with Gasteiger partial charge >= 0.3 is 0 Å².